The number of hydrogen-bond acceptors (Lipinski definition) is 5. The summed E-state index contributed by atoms with van der Waals surface area (Å²) in [6.07, 6.45) is 6.83. The van der Waals surface area contributed by atoms with Crippen molar-refractivity contribution in [2.75, 3.05) is 0 Å². The molecule has 114 valence electrons. The molecule has 1 aromatic rings. The fourth-order valence-corrected chi connectivity index (χ4v) is 2.69. The minimum Gasteiger partial charge on any atom is -0.480 e. The van der Waals surface area contributed by atoms with E-state index < -0.39 is 12.0 Å². The summed E-state index contributed by atoms with van der Waals surface area (Å²) >= 11 is 0. The third kappa shape index (κ3) is 4.49. The van der Waals surface area contributed by atoms with E-state index in [2.05, 4.69) is 15.3 Å². The second kappa shape index (κ2) is 7.12. The Morgan fingerprint density at radius 2 is 2.10 bits per heavy atom. The fraction of sp³-hybridized carbons (Fsp3) is 0.571. The molecule has 0 saturated heterocycles. The molecule has 1 amide bonds. The van der Waals surface area contributed by atoms with E-state index in [4.69, 9.17) is 10.8 Å². The van der Waals surface area contributed by atoms with E-state index in [1.807, 2.05) is 0 Å². The van der Waals surface area contributed by atoms with E-state index in [1.54, 1.807) is 6.07 Å². The molecule has 0 radical (unpaired) electrons. The van der Waals surface area contributed by atoms with Gasteiger partial charge in [0.25, 0.3) is 5.91 Å². The average Bonchev–Trinajstić information content (AvgIpc) is 2.50. The number of carboxylic acid groups (broad SMARTS) is 1. The molecule has 1 atom stereocenters. The monoisotopic (exact) mass is 292 g/mol. The Morgan fingerprint density at radius 3 is 2.67 bits per heavy atom. The quantitative estimate of drug-likeness (QED) is 0.730. The fourth-order valence-electron chi connectivity index (χ4n) is 2.69. The van der Waals surface area contributed by atoms with Gasteiger partial charge in [-0.3, -0.25) is 9.59 Å². The van der Waals surface area contributed by atoms with E-state index in [-0.39, 0.29) is 11.9 Å². The van der Waals surface area contributed by atoms with Crippen molar-refractivity contribution >= 4 is 11.9 Å². The molecule has 7 nitrogen and oxygen atoms in total. The second-order valence-electron chi connectivity index (χ2n) is 5.47. The molecule has 1 fully saturated rings. The number of rotatable bonds is 5. The summed E-state index contributed by atoms with van der Waals surface area (Å²) in [6.45, 7) is 0. The van der Waals surface area contributed by atoms with Crippen molar-refractivity contribution in [2.45, 2.75) is 44.2 Å². The van der Waals surface area contributed by atoms with Crippen molar-refractivity contribution in [3.63, 3.8) is 0 Å². The Morgan fingerprint density at radius 1 is 1.38 bits per heavy atom. The van der Waals surface area contributed by atoms with Gasteiger partial charge in [0.05, 0.1) is 0 Å². The highest BCUT2D eigenvalue weighted by Crippen LogP contribution is 2.27. The number of carbonyl (C=O) groups is 2. The molecule has 0 aromatic carbocycles. The Balaban J connectivity index is 1.77. The number of carboxylic acids is 1. The smallest absolute Gasteiger partial charge is 0.320 e. The normalized spacial score (nSPS) is 23.3. The van der Waals surface area contributed by atoms with Crippen molar-refractivity contribution in [3.05, 3.63) is 24.3 Å². The second-order valence-corrected chi connectivity index (χ2v) is 5.47. The highest BCUT2D eigenvalue weighted by Gasteiger charge is 2.26. The van der Waals surface area contributed by atoms with Crippen molar-refractivity contribution in [1.29, 1.82) is 0 Å². The van der Waals surface area contributed by atoms with Gasteiger partial charge in [0, 0.05) is 12.2 Å². The lowest BCUT2D eigenvalue weighted by molar-refractivity contribution is -0.139. The molecule has 1 aliphatic carbocycles. The van der Waals surface area contributed by atoms with Gasteiger partial charge >= 0.3 is 5.97 Å². The van der Waals surface area contributed by atoms with Crippen LogP contribution in [0.3, 0.4) is 0 Å². The zero-order valence-electron chi connectivity index (χ0n) is 11.7. The molecule has 2 rings (SSSR count). The number of nitrogens with zero attached hydrogens (tertiary/aromatic N) is 2. The maximum absolute atomic E-state index is 12.0. The summed E-state index contributed by atoms with van der Waals surface area (Å²) in [5.41, 5.74) is 5.92. The first kappa shape index (κ1) is 15.4. The van der Waals surface area contributed by atoms with Crippen LogP contribution in [-0.2, 0) is 4.79 Å². The molecule has 1 aromatic heterocycles. The van der Waals surface area contributed by atoms with Crippen LogP contribution in [-0.4, -0.2) is 39.0 Å². The molecule has 7 heteroatoms. The largest absolute Gasteiger partial charge is 0.480 e. The van der Waals surface area contributed by atoms with E-state index in [9.17, 15) is 9.59 Å². The third-order valence-electron chi connectivity index (χ3n) is 3.90. The van der Waals surface area contributed by atoms with Gasteiger partial charge in [-0.05, 0) is 44.1 Å². The first-order chi connectivity index (χ1) is 10.1. The lowest BCUT2D eigenvalue weighted by Crippen LogP contribution is -2.39. The summed E-state index contributed by atoms with van der Waals surface area (Å²) < 4.78 is 0. The van der Waals surface area contributed by atoms with Gasteiger partial charge in [0.1, 0.15) is 18.1 Å². The van der Waals surface area contributed by atoms with Crippen LogP contribution in [0.1, 0.15) is 42.6 Å². The maximum Gasteiger partial charge on any atom is 0.320 e. The van der Waals surface area contributed by atoms with Crippen molar-refractivity contribution in [3.8, 4) is 0 Å². The highest BCUT2D eigenvalue weighted by atomic mass is 16.4. The molecular formula is C14H20N4O3. The molecule has 0 bridgehead atoms. The molecule has 0 aliphatic heterocycles. The Kier molecular flexibility index (Phi) is 5.21. The number of hydrogen-bond donors (Lipinski definition) is 3. The van der Waals surface area contributed by atoms with Gasteiger partial charge in [-0.2, -0.15) is 0 Å². The topological polar surface area (TPSA) is 118 Å². The van der Waals surface area contributed by atoms with Crippen LogP contribution >= 0.6 is 0 Å². The molecule has 1 saturated carbocycles. The van der Waals surface area contributed by atoms with Gasteiger partial charge in [0.15, 0.2) is 0 Å². The lowest BCUT2D eigenvalue weighted by atomic mass is 9.82. The van der Waals surface area contributed by atoms with E-state index in [1.165, 1.54) is 12.5 Å². The first-order valence-electron chi connectivity index (χ1n) is 7.11. The molecule has 1 heterocycles. The number of aromatic nitrogens is 2. The highest BCUT2D eigenvalue weighted by molar-refractivity contribution is 5.92. The van der Waals surface area contributed by atoms with Crippen molar-refractivity contribution in [1.82, 2.24) is 15.3 Å². The Labute approximate surface area is 123 Å². The Hall–Kier alpha value is -2.02. The van der Waals surface area contributed by atoms with Gasteiger partial charge in [-0.25, -0.2) is 9.97 Å². The van der Waals surface area contributed by atoms with Crippen molar-refractivity contribution in [2.24, 2.45) is 11.7 Å². The van der Waals surface area contributed by atoms with Gasteiger partial charge in [-0.1, -0.05) is 0 Å². The first-order valence-corrected chi connectivity index (χ1v) is 7.11. The maximum atomic E-state index is 12.0. The number of nitrogens with two attached hydrogens (primary N) is 1. The predicted molar refractivity (Wildman–Crippen MR) is 75.5 cm³/mol. The molecule has 0 spiro atoms. The van der Waals surface area contributed by atoms with Gasteiger partial charge in [0.2, 0.25) is 0 Å². The third-order valence-corrected chi connectivity index (χ3v) is 3.90. The van der Waals surface area contributed by atoms with Crippen LogP contribution in [0.25, 0.3) is 0 Å². The average molecular weight is 292 g/mol. The SMILES string of the molecule is NC(CC1CCC(NC(=O)c2ccncn2)CC1)C(=O)O. The summed E-state index contributed by atoms with van der Waals surface area (Å²) in [5.74, 6) is -0.819. The summed E-state index contributed by atoms with van der Waals surface area (Å²) in [5, 5.41) is 11.8. The molecular weight excluding hydrogens is 272 g/mol. The molecule has 1 unspecified atom stereocenters. The summed E-state index contributed by atoms with van der Waals surface area (Å²) in [4.78, 5) is 30.4. The number of carbonyl (C=O) groups excluding carboxylic acids is 1. The van der Waals surface area contributed by atoms with Crippen LogP contribution in [0.15, 0.2) is 18.6 Å². The standard InChI is InChI=1S/C14H20N4O3/c15-11(14(20)21)7-9-1-3-10(4-2-9)18-13(19)12-5-6-16-8-17-12/h5-6,8-11H,1-4,7,15H2,(H,18,19)(H,20,21). The van der Waals surface area contributed by atoms with Crippen LogP contribution < -0.4 is 11.1 Å². The summed E-state index contributed by atoms with van der Waals surface area (Å²) in [6, 6.07) is 0.902. The van der Waals surface area contributed by atoms with Crippen LogP contribution in [0.5, 0.6) is 0 Å². The summed E-state index contributed by atoms with van der Waals surface area (Å²) in [7, 11) is 0. The minimum absolute atomic E-state index is 0.116. The van der Waals surface area contributed by atoms with Crippen molar-refractivity contribution < 1.29 is 14.7 Å². The zero-order chi connectivity index (χ0) is 15.2. The number of amides is 1. The van der Waals surface area contributed by atoms with E-state index >= 15 is 0 Å². The molecule has 1 aliphatic rings. The minimum atomic E-state index is -0.950. The molecule has 21 heavy (non-hydrogen) atoms. The number of nitrogens with one attached hydrogen (secondary N) is 1. The van der Waals surface area contributed by atoms with E-state index in [0.717, 1.165) is 25.7 Å². The van der Waals surface area contributed by atoms with E-state index in [0.29, 0.717) is 18.0 Å². The predicted octanol–water partition coefficient (Wildman–Crippen LogP) is 0.567. The molecule has 4 N–H and O–H groups in total. The Bertz CT molecular complexity index is 486. The zero-order valence-corrected chi connectivity index (χ0v) is 11.7. The van der Waals surface area contributed by atoms with Crippen LogP contribution in [0.4, 0.5) is 0 Å². The van der Waals surface area contributed by atoms with Gasteiger partial charge < -0.3 is 16.2 Å². The van der Waals surface area contributed by atoms with Crippen LogP contribution in [0.2, 0.25) is 0 Å². The lowest BCUT2D eigenvalue weighted by Gasteiger charge is -2.29. The van der Waals surface area contributed by atoms with Crippen LogP contribution in [0, 0.1) is 5.92 Å². The van der Waals surface area contributed by atoms with Gasteiger partial charge in [-0.15, -0.1) is 0 Å². The number of aliphatic carboxylic acids is 1.